The fraction of sp³-hybridized carbons (Fsp3) is 0.308. The number of amides is 1. The van der Waals surface area contributed by atoms with Gasteiger partial charge < -0.3 is 14.8 Å². The average Bonchev–Trinajstić information content (AvgIpc) is 3.21. The molecule has 0 fully saturated rings. The van der Waals surface area contributed by atoms with E-state index in [0.29, 0.717) is 22.2 Å². The van der Waals surface area contributed by atoms with Crippen LogP contribution < -0.4 is 10.1 Å². The molecule has 5 nitrogen and oxygen atoms in total. The van der Waals surface area contributed by atoms with E-state index in [1.807, 2.05) is 47.8 Å². The van der Waals surface area contributed by atoms with Crippen LogP contribution >= 0.6 is 27.3 Å². The lowest BCUT2D eigenvalue weighted by Gasteiger charge is -2.12. The molecule has 1 amide bonds. The Kier molecular flexibility index (Phi) is 8.69. The molecule has 0 unspecified atom stereocenters. The van der Waals surface area contributed by atoms with Crippen molar-refractivity contribution >= 4 is 44.1 Å². The molecule has 0 saturated carbocycles. The van der Waals surface area contributed by atoms with E-state index >= 15 is 0 Å². The Bertz CT molecular complexity index is 1120. The number of thiophene rings is 1. The maximum Gasteiger partial charge on any atom is 0.341 e. The fourth-order valence-electron chi connectivity index (χ4n) is 3.29. The van der Waals surface area contributed by atoms with Crippen molar-refractivity contribution in [2.75, 3.05) is 18.5 Å². The number of carbonyl (C=O) groups excluding carboxylic acids is 2. The largest absolute Gasteiger partial charge is 0.483 e. The molecule has 0 aliphatic heterocycles. The maximum absolute atomic E-state index is 12.7. The summed E-state index contributed by atoms with van der Waals surface area (Å²) in [7, 11) is 0. The second-order valence-electron chi connectivity index (χ2n) is 7.81. The molecule has 1 aromatic heterocycles. The van der Waals surface area contributed by atoms with Crippen LogP contribution in [0.1, 0.15) is 55.1 Å². The van der Waals surface area contributed by atoms with Crippen LogP contribution in [0.2, 0.25) is 0 Å². The van der Waals surface area contributed by atoms with Crippen molar-refractivity contribution in [3.63, 3.8) is 0 Å². The van der Waals surface area contributed by atoms with Crippen LogP contribution in [0, 0.1) is 0 Å². The zero-order chi connectivity index (χ0) is 24.0. The quantitative estimate of drug-likeness (QED) is 0.301. The Hall–Kier alpha value is -2.64. The lowest BCUT2D eigenvalue weighted by atomic mass is 10.0. The lowest BCUT2D eigenvalue weighted by molar-refractivity contribution is -0.118. The van der Waals surface area contributed by atoms with Gasteiger partial charge in [0.1, 0.15) is 16.3 Å². The Balaban J connectivity index is 1.77. The van der Waals surface area contributed by atoms with Crippen molar-refractivity contribution in [3.05, 3.63) is 69.0 Å². The number of anilines is 1. The van der Waals surface area contributed by atoms with Gasteiger partial charge >= 0.3 is 5.97 Å². The van der Waals surface area contributed by atoms with Gasteiger partial charge in [0, 0.05) is 10.9 Å². The first-order valence-corrected chi connectivity index (χ1v) is 12.6. The van der Waals surface area contributed by atoms with Crippen molar-refractivity contribution in [2.24, 2.45) is 0 Å². The molecule has 0 saturated heterocycles. The summed E-state index contributed by atoms with van der Waals surface area (Å²) in [5.41, 5.74) is 4.39. The molecule has 3 rings (SSSR count). The number of nitrogens with one attached hydrogen (secondary N) is 1. The minimum absolute atomic E-state index is 0.180. The van der Waals surface area contributed by atoms with E-state index < -0.39 is 5.97 Å². The molecule has 0 spiro atoms. The molecule has 33 heavy (non-hydrogen) atoms. The number of hydrogen-bond acceptors (Lipinski definition) is 5. The fourth-order valence-corrected chi connectivity index (χ4v) is 4.77. The maximum atomic E-state index is 12.7. The minimum atomic E-state index is -0.462. The van der Waals surface area contributed by atoms with E-state index in [9.17, 15) is 9.59 Å². The predicted octanol–water partition coefficient (Wildman–Crippen LogP) is 7.06. The number of esters is 1. The van der Waals surface area contributed by atoms with Crippen LogP contribution in [0.5, 0.6) is 5.75 Å². The summed E-state index contributed by atoms with van der Waals surface area (Å²) < 4.78 is 11.8. The van der Waals surface area contributed by atoms with Crippen molar-refractivity contribution in [1.29, 1.82) is 0 Å². The van der Waals surface area contributed by atoms with Crippen LogP contribution in [0.3, 0.4) is 0 Å². The minimum Gasteiger partial charge on any atom is -0.483 e. The van der Waals surface area contributed by atoms with Crippen LogP contribution in [-0.2, 0) is 16.0 Å². The van der Waals surface area contributed by atoms with Gasteiger partial charge in [-0.2, -0.15) is 0 Å². The van der Waals surface area contributed by atoms with Gasteiger partial charge in [0.15, 0.2) is 6.61 Å². The van der Waals surface area contributed by atoms with Gasteiger partial charge in [-0.05, 0) is 64.0 Å². The third kappa shape index (κ3) is 6.24. The molecule has 1 N–H and O–H groups in total. The Morgan fingerprint density at radius 2 is 1.82 bits per heavy atom. The Labute approximate surface area is 207 Å². The first kappa shape index (κ1) is 25.0. The van der Waals surface area contributed by atoms with Gasteiger partial charge in [-0.3, -0.25) is 4.79 Å². The molecule has 174 valence electrons. The summed E-state index contributed by atoms with van der Waals surface area (Å²) in [4.78, 5) is 25.4. The van der Waals surface area contributed by atoms with Gasteiger partial charge in [0.2, 0.25) is 0 Å². The molecule has 0 bridgehead atoms. The third-order valence-corrected chi connectivity index (χ3v) is 6.69. The van der Waals surface area contributed by atoms with Crippen LogP contribution in [0.4, 0.5) is 5.00 Å². The SMILES string of the molecule is CCOC(=O)c1c(-c2ccc(CC)cc2)csc1NC(=O)COc1ccc(C(C)C)cc1Br. The Morgan fingerprint density at radius 1 is 1.09 bits per heavy atom. The number of halogens is 1. The van der Waals surface area contributed by atoms with Crippen LogP contribution in [0.25, 0.3) is 11.1 Å². The summed E-state index contributed by atoms with van der Waals surface area (Å²) in [6, 6.07) is 13.9. The molecule has 0 aliphatic carbocycles. The lowest BCUT2D eigenvalue weighted by Crippen LogP contribution is -2.21. The summed E-state index contributed by atoms with van der Waals surface area (Å²) in [5, 5.41) is 5.14. The number of ether oxygens (including phenoxy) is 2. The first-order valence-electron chi connectivity index (χ1n) is 10.9. The molecule has 0 aliphatic rings. The van der Waals surface area contributed by atoms with Gasteiger partial charge in [0.25, 0.3) is 5.91 Å². The normalized spacial score (nSPS) is 10.8. The highest BCUT2D eigenvalue weighted by molar-refractivity contribution is 9.10. The van der Waals surface area contributed by atoms with Gasteiger partial charge in [-0.15, -0.1) is 11.3 Å². The predicted molar refractivity (Wildman–Crippen MR) is 137 cm³/mol. The van der Waals surface area contributed by atoms with Crippen molar-refractivity contribution in [3.8, 4) is 16.9 Å². The average molecular weight is 530 g/mol. The van der Waals surface area contributed by atoms with Crippen LogP contribution in [-0.4, -0.2) is 25.1 Å². The van der Waals surface area contributed by atoms with Gasteiger partial charge in [0.05, 0.1) is 11.1 Å². The second-order valence-corrected chi connectivity index (χ2v) is 9.54. The number of rotatable bonds is 9. The van der Waals surface area contributed by atoms with E-state index in [1.54, 1.807) is 6.92 Å². The molecular formula is C26H28BrNO4S. The van der Waals surface area contributed by atoms with Gasteiger partial charge in [-0.25, -0.2) is 4.79 Å². The van der Waals surface area contributed by atoms with E-state index in [1.165, 1.54) is 22.5 Å². The zero-order valence-corrected chi connectivity index (χ0v) is 21.6. The molecule has 0 radical (unpaired) electrons. The van der Waals surface area contributed by atoms with Crippen molar-refractivity contribution in [1.82, 2.24) is 0 Å². The van der Waals surface area contributed by atoms with E-state index in [2.05, 4.69) is 42.0 Å². The van der Waals surface area contributed by atoms with E-state index in [-0.39, 0.29) is 19.1 Å². The number of carbonyl (C=O) groups is 2. The van der Waals surface area contributed by atoms with Crippen molar-refractivity contribution in [2.45, 2.75) is 40.0 Å². The zero-order valence-electron chi connectivity index (χ0n) is 19.2. The number of aryl methyl sites for hydroxylation is 1. The molecule has 0 atom stereocenters. The summed E-state index contributed by atoms with van der Waals surface area (Å²) in [6.07, 6.45) is 0.937. The third-order valence-electron chi connectivity index (χ3n) is 5.18. The Morgan fingerprint density at radius 3 is 2.42 bits per heavy atom. The first-order chi connectivity index (χ1) is 15.8. The standard InChI is InChI=1S/C26H28BrNO4S/c1-5-17-7-9-18(10-8-17)20-15-33-25(24(20)26(30)31-6-2)28-23(29)14-32-22-12-11-19(16(3)4)13-21(22)27/h7-13,15-16H,5-6,14H2,1-4H3,(H,28,29). The van der Waals surface area contributed by atoms with Gasteiger partial charge in [-0.1, -0.05) is 51.1 Å². The van der Waals surface area contributed by atoms with E-state index in [4.69, 9.17) is 9.47 Å². The number of hydrogen-bond donors (Lipinski definition) is 1. The highest BCUT2D eigenvalue weighted by Crippen LogP contribution is 2.36. The molecule has 7 heteroatoms. The molecule has 3 aromatic rings. The highest BCUT2D eigenvalue weighted by atomic mass is 79.9. The van der Waals surface area contributed by atoms with E-state index in [0.717, 1.165) is 22.0 Å². The second kappa shape index (κ2) is 11.5. The summed E-state index contributed by atoms with van der Waals surface area (Å²) in [5.74, 6) is 0.167. The topological polar surface area (TPSA) is 64.6 Å². The monoisotopic (exact) mass is 529 g/mol. The van der Waals surface area contributed by atoms with Crippen molar-refractivity contribution < 1.29 is 19.1 Å². The molecule has 1 heterocycles. The highest BCUT2D eigenvalue weighted by Gasteiger charge is 2.23. The summed E-state index contributed by atoms with van der Waals surface area (Å²) >= 11 is 4.80. The summed E-state index contributed by atoms with van der Waals surface area (Å²) in [6.45, 7) is 8.15. The number of benzene rings is 2. The smallest absolute Gasteiger partial charge is 0.341 e. The molecule has 2 aromatic carbocycles. The molecular weight excluding hydrogens is 502 g/mol. The van der Waals surface area contributed by atoms with Crippen LogP contribution in [0.15, 0.2) is 52.3 Å².